The molecule has 1 atom stereocenters. The molecule has 0 unspecified atom stereocenters. The van der Waals surface area contributed by atoms with E-state index < -0.39 is 0 Å². The second kappa shape index (κ2) is 6.28. The highest BCUT2D eigenvalue weighted by atomic mass is 35.5. The van der Waals surface area contributed by atoms with Crippen LogP contribution in [0.25, 0.3) is 17.2 Å². The van der Waals surface area contributed by atoms with E-state index in [2.05, 4.69) is 15.1 Å². The normalized spacial score (nSPS) is 16.5. The van der Waals surface area contributed by atoms with Gasteiger partial charge in [0, 0.05) is 23.2 Å². The van der Waals surface area contributed by atoms with E-state index in [1.807, 2.05) is 54.6 Å². The number of halogens is 1. The number of rotatable bonds is 2. The minimum absolute atomic E-state index is 0.0855. The first kappa shape index (κ1) is 16.1. The number of fused-ring (bicyclic) bond motifs is 2. The first-order chi connectivity index (χ1) is 13.2. The van der Waals surface area contributed by atoms with Crippen LogP contribution in [0.1, 0.15) is 34.0 Å². The highest BCUT2D eigenvalue weighted by Gasteiger charge is 2.28. The van der Waals surface area contributed by atoms with E-state index in [4.69, 9.17) is 11.6 Å². The van der Waals surface area contributed by atoms with Gasteiger partial charge in [-0.25, -0.2) is 9.50 Å². The molecular formula is C21H15ClN4O. The van der Waals surface area contributed by atoms with Gasteiger partial charge in [-0.2, -0.15) is 4.98 Å². The summed E-state index contributed by atoms with van der Waals surface area (Å²) in [6, 6.07) is 17.4. The first-order valence-corrected chi connectivity index (χ1v) is 9.15. The molecule has 0 N–H and O–H groups in total. The molecule has 2 aromatic heterocycles. The van der Waals surface area contributed by atoms with Gasteiger partial charge in [0.15, 0.2) is 11.6 Å². The average molecular weight is 375 g/mol. The van der Waals surface area contributed by atoms with Crippen LogP contribution in [-0.2, 0) is 6.42 Å². The molecule has 5 rings (SSSR count). The van der Waals surface area contributed by atoms with E-state index in [-0.39, 0.29) is 11.7 Å². The lowest BCUT2D eigenvalue weighted by Gasteiger charge is -2.23. The lowest BCUT2D eigenvalue weighted by atomic mass is 9.82. The van der Waals surface area contributed by atoms with Gasteiger partial charge < -0.3 is 0 Å². The fourth-order valence-electron chi connectivity index (χ4n) is 3.56. The molecule has 1 aliphatic rings. The van der Waals surface area contributed by atoms with E-state index >= 15 is 0 Å². The van der Waals surface area contributed by atoms with Gasteiger partial charge in [0.25, 0.3) is 5.78 Å². The summed E-state index contributed by atoms with van der Waals surface area (Å²) < 4.78 is 1.60. The van der Waals surface area contributed by atoms with Gasteiger partial charge in [0.05, 0.1) is 11.3 Å². The number of hydrogen-bond acceptors (Lipinski definition) is 4. The van der Waals surface area contributed by atoms with Crippen molar-refractivity contribution in [2.45, 2.75) is 18.8 Å². The molecule has 4 aromatic rings. The predicted molar refractivity (Wildman–Crippen MR) is 103 cm³/mol. The summed E-state index contributed by atoms with van der Waals surface area (Å²) in [6.07, 6.45) is 2.92. The van der Waals surface area contributed by atoms with Crippen molar-refractivity contribution in [2.75, 3.05) is 0 Å². The minimum Gasteiger partial charge on any atom is -0.294 e. The SMILES string of the molecule is O=C1C[C@H](c2ccc(Cl)cc2)Cc2nc3nc(-c4ccccc4)nn3cc21. The summed E-state index contributed by atoms with van der Waals surface area (Å²) in [5, 5.41) is 5.18. The summed E-state index contributed by atoms with van der Waals surface area (Å²) in [7, 11) is 0. The number of carbonyl (C=O) groups excluding carboxylic acids is 1. The third-order valence-electron chi connectivity index (χ3n) is 4.96. The van der Waals surface area contributed by atoms with Gasteiger partial charge in [-0.15, -0.1) is 5.10 Å². The van der Waals surface area contributed by atoms with Crippen molar-refractivity contribution in [3.05, 3.63) is 82.6 Å². The number of ketones is 1. The standard InChI is InChI=1S/C21H15ClN4O/c22-16-8-6-13(7-9-16)15-10-18-17(19(27)11-15)12-26-21(23-18)24-20(25-26)14-4-2-1-3-5-14/h1-9,12,15H,10-11H2/t15-/m1/s1. The molecule has 0 spiro atoms. The van der Waals surface area contributed by atoms with Crippen molar-refractivity contribution in [3.8, 4) is 11.4 Å². The third-order valence-corrected chi connectivity index (χ3v) is 5.21. The van der Waals surface area contributed by atoms with Crippen molar-refractivity contribution in [1.29, 1.82) is 0 Å². The minimum atomic E-state index is 0.0855. The molecule has 0 bridgehead atoms. The van der Waals surface area contributed by atoms with Crippen molar-refractivity contribution >= 4 is 23.2 Å². The van der Waals surface area contributed by atoms with Crippen LogP contribution >= 0.6 is 11.6 Å². The van der Waals surface area contributed by atoms with Gasteiger partial charge in [0.1, 0.15) is 0 Å². The Morgan fingerprint density at radius 1 is 0.963 bits per heavy atom. The van der Waals surface area contributed by atoms with Gasteiger partial charge in [0.2, 0.25) is 0 Å². The van der Waals surface area contributed by atoms with Crippen LogP contribution in [0.3, 0.4) is 0 Å². The molecule has 27 heavy (non-hydrogen) atoms. The quantitative estimate of drug-likeness (QED) is 0.523. The number of hydrogen-bond donors (Lipinski definition) is 0. The fraction of sp³-hybridized carbons (Fsp3) is 0.143. The Kier molecular flexibility index (Phi) is 3.76. The van der Waals surface area contributed by atoms with Crippen molar-refractivity contribution in [2.24, 2.45) is 0 Å². The Labute approximate surface area is 160 Å². The van der Waals surface area contributed by atoms with Gasteiger partial charge in [-0.3, -0.25) is 4.79 Å². The summed E-state index contributed by atoms with van der Waals surface area (Å²) in [4.78, 5) is 21.9. The molecule has 2 heterocycles. The maximum atomic E-state index is 12.7. The molecule has 2 aromatic carbocycles. The average Bonchev–Trinajstić information content (AvgIpc) is 3.11. The van der Waals surface area contributed by atoms with Crippen LogP contribution in [0.2, 0.25) is 5.02 Å². The molecule has 0 saturated carbocycles. The lowest BCUT2D eigenvalue weighted by molar-refractivity contribution is 0.0962. The van der Waals surface area contributed by atoms with E-state index in [0.717, 1.165) is 16.8 Å². The molecule has 132 valence electrons. The van der Waals surface area contributed by atoms with Gasteiger partial charge in [-0.05, 0) is 30.0 Å². The summed E-state index contributed by atoms with van der Waals surface area (Å²) >= 11 is 5.98. The zero-order valence-corrected chi connectivity index (χ0v) is 15.1. The predicted octanol–water partition coefficient (Wildman–Crippen LogP) is 4.36. The second-order valence-electron chi connectivity index (χ2n) is 6.73. The van der Waals surface area contributed by atoms with E-state index in [9.17, 15) is 4.79 Å². The number of benzene rings is 2. The van der Waals surface area contributed by atoms with Crippen molar-refractivity contribution in [3.63, 3.8) is 0 Å². The molecule has 1 aliphatic carbocycles. The highest BCUT2D eigenvalue weighted by Crippen LogP contribution is 2.32. The zero-order valence-electron chi connectivity index (χ0n) is 14.3. The third kappa shape index (κ3) is 2.90. The molecule has 0 radical (unpaired) electrons. The van der Waals surface area contributed by atoms with Crippen LogP contribution in [0.15, 0.2) is 60.8 Å². The van der Waals surface area contributed by atoms with Crippen LogP contribution in [0, 0.1) is 0 Å². The van der Waals surface area contributed by atoms with E-state index in [0.29, 0.717) is 35.0 Å². The Morgan fingerprint density at radius 2 is 1.74 bits per heavy atom. The first-order valence-electron chi connectivity index (χ1n) is 8.78. The fourth-order valence-corrected chi connectivity index (χ4v) is 3.69. The number of Topliss-reactive ketones (excluding diaryl/α,β-unsaturated/α-hetero) is 1. The summed E-state index contributed by atoms with van der Waals surface area (Å²) in [6.45, 7) is 0. The van der Waals surface area contributed by atoms with Crippen LogP contribution in [0.5, 0.6) is 0 Å². The van der Waals surface area contributed by atoms with Crippen LogP contribution < -0.4 is 0 Å². The van der Waals surface area contributed by atoms with Crippen molar-refractivity contribution in [1.82, 2.24) is 19.6 Å². The molecule has 0 saturated heterocycles. The van der Waals surface area contributed by atoms with Gasteiger partial charge in [-0.1, -0.05) is 54.1 Å². The maximum Gasteiger partial charge on any atom is 0.252 e. The van der Waals surface area contributed by atoms with Gasteiger partial charge >= 0.3 is 0 Å². The highest BCUT2D eigenvalue weighted by molar-refractivity contribution is 6.30. The second-order valence-corrected chi connectivity index (χ2v) is 7.16. The number of nitrogens with zero attached hydrogens (tertiary/aromatic N) is 4. The largest absolute Gasteiger partial charge is 0.294 e. The smallest absolute Gasteiger partial charge is 0.252 e. The Morgan fingerprint density at radius 3 is 2.52 bits per heavy atom. The lowest BCUT2D eigenvalue weighted by Crippen LogP contribution is -2.21. The maximum absolute atomic E-state index is 12.7. The Balaban J connectivity index is 1.55. The van der Waals surface area contributed by atoms with Crippen LogP contribution in [0.4, 0.5) is 0 Å². The summed E-state index contributed by atoms with van der Waals surface area (Å²) in [5.41, 5.74) is 3.45. The summed E-state index contributed by atoms with van der Waals surface area (Å²) in [5.74, 6) is 1.31. The molecule has 5 nitrogen and oxygen atoms in total. The monoisotopic (exact) mass is 374 g/mol. The molecular weight excluding hydrogens is 360 g/mol. The zero-order chi connectivity index (χ0) is 18.4. The molecule has 0 fully saturated rings. The number of aromatic nitrogens is 4. The van der Waals surface area contributed by atoms with Crippen LogP contribution in [-0.4, -0.2) is 25.4 Å². The van der Waals surface area contributed by atoms with E-state index in [1.54, 1.807) is 10.7 Å². The number of carbonyl (C=O) groups is 1. The van der Waals surface area contributed by atoms with Crippen molar-refractivity contribution < 1.29 is 4.79 Å². The van der Waals surface area contributed by atoms with E-state index in [1.165, 1.54) is 0 Å². The molecule has 0 aliphatic heterocycles. The Bertz CT molecular complexity index is 1150. The molecule has 0 amide bonds. The Hall–Kier alpha value is -3.05. The topological polar surface area (TPSA) is 60.2 Å². The molecule has 6 heteroatoms.